The fraction of sp³-hybridized carbons (Fsp3) is 0.368. The zero-order valence-corrected chi connectivity index (χ0v) is 16.8. The van der Waals surface area contributed by atoms with E-state index < -0.39 is 10.0 Å². The van der Waals surface area contributed by atoms with E-state index in [2.05, 4.69) is 10.3 Å². The number of anilines is 1. The van der Waals surface area contributed by atoms with Gasteiger partial charge in [-0.15, -0.1) is 11.3 Å². The molecule has 0 saturated heterocycles. The zero-order chi connectivity index (χ0) is 19.3. The van der Waals surface area contributed by atoms with Crippen LogP contribution in [0.3, 0.4) is 0 Å². The predicted octanol–water partition coefficient (Wildman–Crippen LogP) is 2.59. The minimum atomic E-state index is -3.18. The molecule has 1 saturated carbocycles. The third-order valence-corrected chi connectivity index (χ3v) is 8.59. The highest BCUT2D eigenvalue weighted by atomic mass is 32.2. The number of amides is 1. The van der Waals surface area contributed by atoms with Gasteiger partial charge in [0.2, 0.25) is 15.9 Å². The summed E-state index contributed by atoms with van der Waals surface area (Å²) in [4.78, 5) is 17.9. The SMILES string of the molecule is O=C(Cn1ccc2ccccc21)Nc1nc2c(s1)CN(S(=O)(=O)C1CC1)CC2. The lowest BCUT2D eigenvalue weighted by molar-refractivity contribution is -0.116. The van der Waals surface area contributed by atoms with Crippen LogP contribution >= 0.6 is 11.3 Å². The van der Waals surface area contributed by atoms with Crippen molar-refractivity contribution in [3.63, 3.8) is 0 Å². The Bertz CT molecular complexity index is 1160. The molecule has 7 nitrogen and oxygen atoms in total. The van der Waals surface area contributed by atoms with Crippen molar-refractivity contribution in [2.24, 2.45) is 0 Å². The number of benzene rings is 1. The van der Waals surface area contributed by atoms with E-state index >= 15 is 0 Å². The quantitative estimate of drug-likeness (QED) is 0.693. The van der Waals surface area contributed by atoms with E-state index in [4.69, 9.17) is 0 Å². The number of nitrogens with zero attached hydrogens (tertiary/aromatic N) is 3. The van der Waals surface area contributed by atoms with Gasteiger partial charge in [-0.2, -0.15) is 4.31 Å². The van der Waals surface area contributed by atoms with Gasteiger partial charge < -0.3 is 9.88 Å². The average molecular weight is 417 g/mol. The number of hydrogen-bond donors (Lipinski definition) is 1. The van der Waals surface area contributed by atoms with E-state index in [0.717, 1.165) is 34.3 Å². The van der Waals surface area contributed by atoms with Crippen LogP contribution in [0.25, 0.3) is 10.9 Å². The van der Waals surface area contributed by atoms with Crippen LogP contribution in [0.4, 0.5) is 5.13 Å². The topological polar surface area (TPSA) is 84.3 Å². The Morgan fingerprint density at radius 1 is 1.25 bits per heavy atom. The molecule has 28 heavy (non-hydrogen) atoms. The number of aromatic nitrogens is 2. The maximum atomic E-state index is 12.5. The fourth-order valence-electron chi connectivity index (χ4n) is 3.61. The summed E-state index contributed by atoms with van der Waals surface area (Å²) in [6.45, 7) is 1.04. The van der Waals surface area contributed by atoms with Crippen LogP contribution in [-0.4, -0.2) is 40.0 Å². The molecule has 5 rings (SSSR count). The van der Waals surface area contributed by atoms with Crippen molar-refractivity contribution in [1.82, 2.24) is 13.9 Å². The predicted molar refractivity (Wildman–Crippen MR) is 109 cm³/mol. The molecule has 9 heteroatoms. The molecule has 2 aromatic heterocycles. The second-order valence-corrected chi connectivity index (χ2v) is 10.6. The van der Waals surface area contributed by atoms with Gasteiger partial charge in [0.15, 0.2) is 5.13 Å². The van der Waals surface area contributed by atoms with E-state index in [-0.39, 0.29) is 17.7 Å². The Kier molecular flexibility index (Phi) is 4.26. The molecule has 3 heterocycles. The molecular formula is C19H20N4O3S2. The summed E-state index contributed by atoms with van der Waals surface area (Å²) < 4.78 is 28.4. The van der Waals surface area contributed by atoms with Crippen molar-refractivity contribution < 1.29 is 13.2 Å². The van der Waals surface area contributed by atoms with Gasteiger partial charge in [0.05, 0.1) is 10.9 Å². The number of fused-ring (bicyclic) bond motifs is 2. The summed E-state index contributed by atoms with van der Waals surface area (Å²) in [5, 5.41) is 4.31. The Labute approximate surface area is 167 Å². The van der Waals surface area contributed by atoms with Gasteiger partial charge in [-0.3, -0.25) is 4.79 Å². The van der Waals surface area contributed by atoms with Crippen LogP contribution in [0.15, 0.2) is 36.5 Å². The maximum Gasteiger partial charge on any atom is 0.246 e. The van der Waals surface area contributed by atoms with E-state index in [9.17, 15) is 13.2 Å². The summed E-state index contributed by atoms with van der Waals surface area (Å²) in [6.07, 6.45) is 4.03. The Balaban J connectivity index is 1.28. The van der Waals surface area contributed by atoms with E-state index in [1.54, 1.807) is 4.31 Å². The van der Waals surface area contributed by atoms with Gasteiger partial charge in [0, 0.05) is 36.1 Å². The molecular weight excluding hydrogens is 396 g/mol. The van der Waals surface area contributed by atoms with Crippen LogP contribution in [0.2, 0.25) is 0 Å². The molecule has 0 radical (unpaired) electrons. The molecule has 1 aliphatic heterocycles. The Morgan fingerprint density at radius 3 is 2.89 bits per heavy atom. The van der Waals surface area contributed by atoms with E-state index in [0.29, 0.717) is 24.6 Å². The second kappa shape index (κ2) is 6.68. The smallest absolute Gasteiger partial charge is 0.246 e. The first-order valence-corrected chi connectivity index (χ1v) is 11.6. The van der Waals surface area contributed by atoms with Crippen molar-refractivity contribution >= 4 is 43.3 Å². The van der Waals surface area contributed by atoms with Crippen LogP contribution < -0.4 is 5.32 Å². The molecule has 1 fully saturated rings. The van der Waals surface area contributed by atoms with E-state index in [1.807, 2.05) is 41.1 Å². The summed E-state index contributed by atoms with van der Waals surface area (Å²) in [5.41, 5.74) is 1.91. The molecule has 1 aliphatic carbocycles. The van der Waals surface area contributed by atoms with Crippen LogP contribution in [-0.2, 0) is 34.3 Å². The summed E-state index contributed by atoms with van der Waals surface area (Å²) >= 11 is 1.37. The first kappa shape index (κ1) is 17.8. The highest BCUT2D eigenvalue weighted by Crippen LogP contribution is 2.35. The molecule has 0 unspecified atom stereocenters. The first-order valence-electron chi connectivity index (χ1n) is 9.32. The highest BCUT2D eigenvalue weighted by molar-refractivity contribution is 7.90. The van der Waals surface area contributed by atoms with Gasteiger partial charge >= 0.3 is 0 Å². The molecule has 3 aromatic rings. The molecule has 146 valence electrons. The summed E-state index contributed by atoms with van der Waals surface area (Å²) in [7, 11) is -3.18. The molecule has 0 spiro atoms. The molecule has 0 atom stereocenters. The third kappa shape index (κ3) is 3.23. The van der Waals surface area contributed by atoms with Crippen LogP contribution in [0.1, 0.15) is 23.4 Å². The molecule has 1 amide bonds. The largest absolute Gasteiger partial charge is 0.338 e. The number of rotatable bonds is 5. The highest BCUT2D eigenvalue weighted by Gasteiger charge is 2.41. The van der Waals surface area contributed by atoms with Gasteiger partial charge in [-0.05, 0) is 30.4 Å². The lowest BCUT2D eigenvalue weighted by atomic mass is 10.2. The number of carbonyl (C=O) groups excluding carboxylic acids is 1. The molecule has 0 bridgehead atoms. The average Bonchev–Trinajstić information content (AvgIpc) is 3.36. The van der Waals surface area contributed by atoms with Crippen molar-refractivity contribution in [3.05, 3.63) is 47.1 Å². The van der Waals surface area contributed by atoms with Crippen molar-refractivity contribution in [1.29, 1.82) is 0 Å². The second-order valence-electron chi connectivity index (χ2n) is 7.27. The van der Waals surface area contributed by atoms with Gasteiger partial charge in [0.1, 0.15) is 6.54 Å². The molecule has 1 N–H and O–H groups in total. The normalized spacial score (nSPS) is 17.6. The number of para-hydroxylation sites is 1. The summed E-state index contributed by atoms with van der Waals surface area (Å²) in [6, 6.07) is 9.91. The Morgan fingerprint density at radius 2 is 2.07 bits per heavy atom. The minimum Gasteiger partial charge on any atom is -0.338 e. The van der Waals surface area contributed by atoms with Crippen molar-refractivity contribution in [2.45, 2.75) is 37.6 Å². The van der Waals surface area contributed by atoms with Gasteiger partial charge in [-0.25, -0.2) is 13.4 Å². The lowest BCUT2D eigenvalue weighted by Crippen LogP contribution is -2.37. The van der Waals surface area contributed by atoms with E-state index in [1.165, 1.54) is 11.3 Å². The third-order valence-electron chi connectivity index (χ3n) is 5.24. The van der Waals surface area contributed by atoms with Crippen molar-refractivity contribution in [2.75, 3.05) is 11.9 Å². The number of hydrogen-bond acceptors (Lipinski definition) is 5. The number of sulfonamides is 1. The monoisotopic (exact) mass is 416 g/mol. The van der Waals surface area contributed by atoms with Gasteiger partial charge in [0.25, 0.3) is 0 Å². The standard InChI is InChI=1S/C19H20N4O3S2/c24-18(12-22-9-7-13-3-1-2-4-16(13)22)21-19-20-15-8-10-23(11-17(15)27-19)28(25,26)14-5-6-14/h1-4,7,9,14H,5-6,8,10-12H2,(H,20,21,24). The fourth-order valence-corrected chi connectivity index (χ4v) is 6.54. The lowest BCUT2D eigenvalue weighted by Gasteiger charge is -2.25. The zero-order valence-electron chi connectivity index (χ0n) is 15.2. The number of carbonyl (C=O) groups is 1. The Hall–Kier alpha value is -2.23. The number of nitrogens with one attached hydrogen (secondary N) is 1. The minimum absolute atomic E-state index is 0.144. The summed E-state index contributed by atoms with van der Waals surface area (Å²) in [5.74, 6) is -0.144. The van der Waals surface area contributed by atoms with Gasteiger partial charge in [-0.1, -0.05) is 18.2 Å². The van der Waals surface area contributed by atoms with Crippen molar-refractivity contribution in [3.8, 4) is 0 Å². The van der Waals surface area contributed by atoms with Crippen LogP contribution in [0.5, 0.6) is 0 Å². The first-order chi connectivity index (χ1) is 13.5. The molecule has 1 aromatic carbocycles. The molecule has 2 aliphatic rings. The van der Waals surface area contributed by atoms with Crippen LogP contribution in [0, 0.1) is 0 Å². The number of thiazole rings is 1. The maximum absolute atomic E-state index is 12.5.